The number of alkyl halides is 1. The summed E-state index contributed by atoms with van der Waals surface area (Å²) in [5, 5.41) is 10.5. The van der Waals surface area contributed by atoms with E-state index in [1.165, 1.54) is 7.11 Å². The van der Waals surface area contributed by atoms with Crippen molar-refractivity contribution in [3.63, 3.8) is 0 Å². The lowest BCUT2D eigenvalue weighted by atomic mass is 9.81. The standard InChI is InChI=1S/C12H21ClO3/c1-3-4-9-12(13,10(14)16-2)11(15)7-5-6-8-11/h15H,3-9H2,1-2H3. The molecule has 1 unspecified atom stereocenters. The topological polar surface area (TPSA) is 46.5 Å². The van der Waals surface area contributed by atoms with E-state index in [4.69, 9.17) is 16.3 Å². The van der Waals surface area contributed by atoms with Gasteiger partial charge in [-0.05, 0) is 19.3 Å². The molecule has 0 aromatic rings. The fraction of sp³-hybridized carbons (Fsp3) is 0.917. The van der Waals surface area contributed by atoms with E-state index in [-0.39, 0.29) is 0 Å². The number of methoxy groups -OCH3 is 1. The normalized spacial score (nSPS) is 22.8. The number of hydrogen-bond donors (Lipinski definition) is 1. The molecule has 1 fully saturated rings. The molecule has 16 heavy (non-hydrogen) atoms. The molecule has 0 bridgehead atoms. The summed E-state index contributed by atoms with van der Waals surface area (Å²) in [6.45, 7) is 2.04. The van der Waals surface area contributed by atoms with Gasteiger partial charge in [0.1, 0.15) is 0 Å². The molecule has 0 saturated heterocycles. The molecule has 94 valence electrons. The molecule has 1 saturated carbocycles. The first-order valence-electron chi connectivity index (χ1n) is 6.00. The van der Waals surface area contributed by atoms with Gasteiger partial charge in [-0.1, -0.05) is 32.6 Å². The Bertz CT molecular complexity index is 249. The summed E-state index contributed by atoms with van der Waals surface area (Å²) in [5.41, 5.74) is -1.09. The number of carbonyl (C=O) groups is 1. The van der Waals surface area contributed by atoms with Crippen LogP contribution in [-0.2, 0) is 9.53 Å². The second kappa shape index (κ2) is 5.37. The predicted octanol–water partition coefficient (Wildman–Crippen LogP) is 2.63. The SMILES string of the molecule is CCCCC(Cl)(C(=O)OC)C1(O)CCCC1. The monoisotopic (exact) mass is 248 g/mol. The predicted molar refractivity (Wildman–Crippen MR) is 63.5 cm³/mol. The summed E-state index contributed by atoms with van der Waals surface area (Å²) in [6, 6.07) is 0. The summed E-state index contributed by atoms with van der Waals surface area (Å²) < 4.78 is 4.76. The maximum Gasteiger partial charge on any atom is 0.329 e. The van der Waals surface area contributed by atoms with Crippen LogP contribution in [0.2, 0.25) is 0 Å². The number of hydrogen-bond acceptors (Lipinski definition) is 3. The first kappa shape index (κ1) is 13.8. The van der Waals surface area contributed by atoms with Gasteiger partial charge in [0, 0.05) is 0 Å². The van der Waals surface area contributed by atoms with Crippen molar-refractivity contribution in [2.24, 2.45) is 0 Å². The van der Waals surface area contributed by atoms with Crippen molar-refractivity contribution >= 4 is 17.6 Å². The Hall–Kier alpha value is -0.280. The third-order valence-electron chi connectivity index (χ3n) is 3.55. The zero-order chi connectivity index (χ0) is 12.2. The van der Waals surface area contributed by atoms with Crippen LogP contribution in [0.5, 0.6) is 0 Å². The highest BCUT2D eigenvalue weighted by Gasteiger charge is 2.56. The van der Waals surface area contributed by atoms with E-state index in [9.17, 15) is 9.90 Å². The zero-order valence-corrected chi connectivity index (χ0v) is 10.8. The van der Waals surface area contributed by atoms with Gasteiger partial charge in [0.15, 0.2) is 4.87 Å². The van der Waals surface area contributed by atoms with Gasteiger partial charge in [-0.3, -0.25) is 4.79 Å². The summed E-state index contributed by atoms with van der Waals surface area (Å²) in [6.07, 6.45) is 5.28. The van der Waals surface area contributed by atoms with Crippen molar-refractivity contribution in [1.29, 1.82) is 0 Å². The molecule has 0 aromatic carbocycles. The molecule has 1 N–H and O–H groups in total. The van der Waals surface area contributed by atoms with Crippen molar-refractivity contribution in [1.82, 2.24) is 0 Å². The summed E-state index contributed by atoms with van der Waals surface area (Å²) in [7, 11) is 1.32. The first-order valence-corrected chi connectivity index (χ1v) is 6.37. The van der Waals surface area contributed by atoms with Gasteiger partial charge < -0.3 is 9.84 Å². The van der Waals surface area contributed by atoms with E-state index in [2.05, 4.69) is 0 Å². The molecule has 3 nitrogen and oxygen atoms in total. The zero-order valence-electron chi connectivity index (χ0n) is 10.1. The third-order valence-corrected chi connectivity index (χ3v) is 4.25. The number of esters is 1. The molecule has 4 heteroatoms. The van der Waals surface area contributed by atoms with Crippen molar-refractivity contribution in [3.8, 4) is 0 Å². The quantitative estimate of drug-likeness (QED) is 0.601. The highest BCUT2D eigenvalue weighted by atomic mass is 35.5. The number of rotatable bonds is 5. The van der Waals surface area contributed by atoms with Crippen LogP contribution in [-0.4, -0.2) is 28.7 Å². The van der Waals surface area contributed by atoms with E-state index in [1.54, 1.807) is 0 Å². The van der Waals surface area contributed by atoms with Gasteiger partial charge in [-0.15, -0.1) is 11.6 Å². The minimum Gasteiger partial charge on any atom is -0.468 e. The molecule has 0 heterocycles. The number of unbranched alkanes of at least 4 members (excludes halogenated alkanes) is 1. The van der Waals surface area contributed by atoms with Crippen molar-refractivity contribution in [2.45, 2.75) is 62.3 Å². The van der Waals surface area contributed by atoms with Crippen LogP contribution in [0, 0.1) is 0 Å². The highest BCUT2D eigenvalue weighted by Crippen LogP contribution is 2.45. The van der Waals surface area contributed by atoms with Gasteiger partial charge in [0.25, 0.3) is 0 Å². The van der Waals surface area contributed by atoms with Crippen LogP contribution >= 0.6 is 11.6 Å². The minimum atomic E-state index is -1.26. The average molecular weight is 249 g/mol. The second-order valence-electron chi connectivity index (χ2n) is 4.63. The Kier molecular flexibility index (Phi) is 4.62. The summed E-state index contributed by atoms with van der Waals surface area (Å²) in [5.74, 6) is -0.494. The molecule has 0 radical (unpaired) electrons. The van der Waals surface area contributed by atoms with Crippen molar-refractivity contribution in [3.05, 3.63) is 0 Å². The highest BCUT2D eigenvalue weighted by molar-refractivity contribution is 6.35. The molecular formula is C12H21ClO3. The van der Waals surface area contributed by atoms with E-state index in [1.807, 2.05) is 6.92 Å². The van der Waals surface area contributed by atoms with Gasteiger partial charge in [0.2, 0.25) is 0 Å². The van der Waals surface area contributed by atoms with Crippen LogP contribution in [0.3, 0.4) is 0 Å². The number of halogens is 1. The van der Waals surface area contributed by atoms with Crippen molar-refractivity contribution in [2.75, 3.05) is 7.11 Å². The average Bonchev–Trinajstić information content (AvgIpc) is 2.73. The number of aliphatic hydroxyl groups is 1. The molecule has 0 amide bonds. The largest absolute Gasteiger partial charge is 0.468 e. The second-order valence-corrected chi connectivity index (χ2v) is 5.28. The first-order chi connectivity index (χ1) is 7.50. The fourth-order valence-corrected chi connectivity index (χ4v) is 2.86. The summed E-state index contributed by atoms with van der Waals surface area (Å²) >= 11 is 6.39. The molecule has 0 aromatic heterocycles. The molecular weight excluding hydrogens is 228 g/mol. The number of ether oxygens (including phenoxy) is 1. The van der Waals surface area contributed by atoms with Gasteiger partial charge in [-0.25, -0.2) is 0 Å². The molecule has 1 aliphatic carbocycles. The minimum absolute atomic E-state index is 0.480. The molecule has 1 rings (SSSR count). The Labute approximate surface area is 102 Å². The molecule has 1 aliphatic rings. The Morgan fingerprint density at radius 1 is 1.50 bits per heavy atom. The van der Waals surface area contributed by atoms with E-state index in [0.29, 0.717) is 19.3 Å². The van der Waals surface area contributed by atoms with Crippen LogP contribution in [0.4, 0.5) is 0 Å². The lowest BCUT2D eigenvalue weighted by molar-refractivity contribution is -0.152. The van der Waals surface area contributed by atoms with E-state index >= 15 is 0 Å². The number of carbonyl (C=O) groups excluding carboxylic acids is 1. The van der Waals surface area contributed by atoms with Crippen LogP contribution in [0.25, 0.3) is 0 Å². The fourth-order valence-electron chi connectivity index (χ4n) is 2.46. The summed E-state index contributed by atoms with van der Waals surface area (Å²) in [4.78, 5) is 10.6. The maximum atomic E-state index is 11.8. The van der Waals surface area contributed by atoms with Gasteiger partial charge in [0.05, 0.1) is 12.7 Å². The maximum absolute atomic E-state index is 11.8. The Morgan fingerprint density at radius 3 is 2.50 bits per heavy atom. The lowest BCUT2D eigenvalue weighted by Gasteiger charge is -2.38. The van der Waals surface area contributed by atoms with E-state index < -0.39 is 16.4 Å². The molecule has 1 atom stereocenters. The van der Waals surface area contributed by atoms with Gasteiger partial charge in [-0.2, -0.15) is 0 Å². The Morgan fingerprint density at radius 2 is 2.06 bits per heavy atom. The van der Waals surface area contributed by atoms with Gasteiger partial charge >= 0.3 is 5.97 Å². The smallest absolute Gasteiger partial charge is 0.329 e. The Balaban J connectivity index is 2.88. The lowest BCUT2D eigenvalue weighted by Crippen LogP contribution is -2.54. The van der Waals surface area contributed by atoms with Crippen LogP contribution in [0.1, 0.15) is 51.9 Å². The van der Waals surface area contributed by atoms with Crippen LogP contribution < -0.4 is 0 Å². The van der Waals surface area contributed by atoms with E-state index in [0.717, 1.165) is 25.7 Å². The molecule has 0 aliphatic heterocycles. The third kappa shape index (κ3) is 2.35. The van der Waals surface area contributed by atoms with Crippen LogP contribution in [0.15, 0.2) is 0 Å². The van der Waals surface area contributed by atoms with Crippen molar-refractivity contribution < 1.29 is 14.6 Å². The molecule has 0 spiro atoms.